The quantitative estimate of drug-likeness (QED) is 0.698. The zero-order valence-corrected chi connectivity index (χ0v) is 9.86. The normalized spacial score (nSPS) is 10.2. The van der Waals surface area contributed by atoms with E-state index in [4.69, 9.17) is 10.5 Å². The van der Waals surface area contributed by atoms with E-state index in [1.54, 1.807) is 18.2 Å². The molecule has 0 aliphatic carbocycles. The number of para-hydroxylation sites is 1. The minimum Gasteiger partial charge on any atom is -0.478 e. The molecule has 18 heavy (non-hydrogen) atoms. The molecule has 0 aromatic heterocycles. The van der Waals surface area contributed by atoms with E-state index < -0.39 is 6.61 Å². The lowest BCUT2D eigenvalue weighted by Crippen LogP contribution is -2.18. The highest BCUT2D eigenvalue weighted by Crippen LogP contribution is 2.20. The number of benzene rings is 1. The number of alkyl halides is 2. The first kappa shape index (κ1) is 14.2. The molecule has 0 radical (unpaired) electrons. The summed E-state index contributed by atoms with van der Waals surface area (Å²) < 4.78 is 33.8. The molecule has 0 saturated heterocycles. The van der Waals surface area contributed by atoms with Gasteiger partial charge in [0.2, 0.25) is 0 Å². The van der Waals surface area contributed by atoms with E-state index in [2.05, 4.69) is 16.6 Å². The summed E-state index contributed by atoms with van der Waals surface area (Å²) in [4.78, 5) is 0. The Morgan fingerprint density at radius 2 is 2.11 bits per heavy atom. The lowest BCUT2D eigenvalue weighted by atomic mass is 10.2. The van der Waals surface area contributed by atoms with E-state index in [-0.39, 0.29) is 12.3 Å². The van der Waals surface area contributed by atoms with E-state index in [9.17, 15) is 8.78 Å². The van der Waals surface area contributed by atoms with E-state index in [1.807, 2.05) is 0 Å². The van der Waals surface area contributed by atoms with Crippen LogP contribution in [0.1, 0.15) is 5.56 Å². The van der Waals surface area contributed by atoms with Crippen LogP contribution in [0.4, 0.5) is 8.78 Å². The highest BCUT2D eigenvalue weighted by molar-refractivity contribution is 5.33. The number of hydrogen-bond donors (Lipinski definition) is 2. The smallest absolute Gasteiger partial charge is 0.387 e. The van der Waals surface area contributed by atoms with Crippen molar-refractivity contribution in [2.75, 3.05) is 13.2 Å². The Morgan fingerprint density at radius 3 is 2.78 bits per heavy atom. The molecule has 1 rings (SSSR count). The van der Waals surface area contributed by atoms with Gasteiger partial charge in [-0.3, -0.25) is 0 Å². The van der Waals surface area contributed by atoms with E-state index in [0.29, 0.717) is 24.6 Å². The van der Waals surface area contributed by atoms with Gasteiger partial charge in [0.25, 0.3) is 0 Å². The molecule has 0 heterocycles. The van der Waals surface area contributed by atoms with Gasteiger partial charge in [-0.15, -0.1) is 0 Å². The van der Waals surface area contributed by atoms with Crippen molar-refractivity contribution in [2.24, 2.45) is 5.73 Å². The Hall–Kier alpha value is -1.82. The summed E-state index contributed by atoms with van der Waals surface area (Å²) in [5, 5.41) is 2.85. The highest BCUT2D eigenvalue weighted by Gasteiger charge is 2.08. The van der Waals surface area contributed by atoms with Crippen molar-refractivity contribution in [3.63, 3.8) is 0 Å². The van der Waals surface area contributed by atoms with Crippen LogP contribution >= 0.6 is 0 Å². The van der Waals surface area contributed by atoms with E-state index >= 15 is 0 Å². The van der Waals surface area contributed by atoms with Gasteiger partial charge in [0.05, 0.1) is 0 Å². The zero-order chi connectivity index (χ0) is 13.4. The van der Waals surface area contributed by atoms with Crippen LogP contribution in [-0.4, -0.2) is 19.8 Å². The molecule has 0 saturated carbocycles. The zero-order valence-electron chi connectivity index (χ0n) is 9.86. The average Bonchev–Trinajstić information content (AvgIpc) is 2.34. The Balaban J connectivity index is 2.53. The largest absolute Gasteiger partial charge is 0.478 e. The molecule has 1 aromatic rings. The molecular formula is C12H16F2N2O2. The third-order valence-electron chi connectivity index (χ3n) is 2.06. The van der Waals surface area contributed by atoms with E-state index in [1.165, 1.54) is 6.07 Å². The van der Waals surface area contributed by atoms with Gasteiger partial charge in [0.15, 0.2) is 5.88 Å². The molecule has 0 aliphatic rings. The van der Waals surface area contributed by atoms with Crippen LogP contribution in [0.3, 0.4) is 0 Å². The van der Waals surface area contributed by atoms with Crippen molar-refractivity contribution < 1.29 is 18.3 Å². The Kier molecular flexibility index (Phi) is 5.93. The number of rotatable bonds is 8. The first-order chi connectivity index (χ1) is 8.63. The molecule has 4 nitrogen and oxygen atoms in total. The average molecular weight is 258 g/mol. The monoisotopic (exact) mass is 258 g/mol. The molecule has 0 bridgehead atoms. The molecule has 0 amide bonds. The molecule has 0 atom stereocenters. The molecule has 0 aliphatic heterocycles. The van der Waals surface area contributed by atoms with Gasteiger partial charge in [-0.2, -0.15) is 8.78 Å². The molecule has 0 unspecified atom stereocenters. The summed E-state index contributed by atoms with van der Waals surface area (Å²) in [5.41, 5.74) is 5.86. The minimum absolute atomic E-state index is 0.131. The first-order valence-corrected chi connectivity index (χ1v) is 5.42. The number of ether oxygens (including phenoxy) is 2. The summed E-state index contributed by atoms with van der Waals surface area (Å²) >= 11 is 0. The van der Waals surface area contributed by atoms with Crippen LogP contribution in [0.2, 0.25) is 0 Å². The number of hydrogen-bond acceptors (Lipinski definition) is 4. The summed E-state index contributed by atoms with van der Waals surface area (Å²) in [6.45, 7) is 1.79. The standard InChI is InChI=1S/C12H16F2N2O2/c1-9(17-7-6-15)16-8-10-4-2-3-5-11(10)18-12(13)14/h2-5,12,16H,1,6-8,15H2. The predicted molar refractivity (Wildman–Crippen MR) is 64.1 cm³/mol. The second-order valence-electron chi connectivity index (χ2n) is 3.40. The van der Waals surface area contributed by atoms with Crippen molar-refractivity contribution in [1.82, 2.24) is 5.32 Å². The maximum absolute atomic E-state index is 12.2. The molecule has 1 aromatic carbocycles. The van der Waals surface area contributed by atoms with Crippen molar-refractivity contribution in [3.8, 4) is 5.75 Å². The number of halogens is 2. The third kappa shape index (κ3) is 5.01. The SMILES string of the molecule is C=C(NCc1ccccc1OC(F)F)OCCN. The van der Waals surface area contributed by atoms with Crippen LogP contribution in [0.5, 0.6) is 5.75 Å². The maximum atomic E-state index is 12.2. The lowest BCUT2D eigenvalue weighted by molar-refractivity contribution is -0.0504. The van der Waals surface area contributed by atoms with E-state index in [0.717, 1.165) is 0 Å². The van der Waals surface area contributed by atoms with Gasteiger partial charge in [-0.1, -0.05) is 18.2 Å². The Bertz CT molecular complexity index is 386. The summed E-state index contributed by atoms with van der Waals surface area (Å²) in [5.74, 6) is 0.471. The maximum Gasteiger partial charge on any atom is 0.387 e. The van der Waals surface area contributed by atoms with Crippen LogP contribution in [0.25, 0.3) is 0 Å². The lowest BCUT2D eigenvalue weighted by Gasteiger charge is -2.13. The van der Waals surface area contributed by atoms with Crippen molar-refractivity contribution in [1.29, 1.82) is 0 Å². The molecule has 0 spiro atoms. The third-order valence-corrected chi connectivity index (χ3v) is 2.06. The van der Waals surface area contributed by atoms with Crippen LogP contribution in [0, 0.1) is 0 Å². The molecule has 6 heteroatoms. The Labute approximate surface area is 104 Å². The van der Waals surface area contributed by atoms with Gasteiger partial charge >= 0.3 is 6.61 Å². The summed E-state index contributed by atoms with van der Waals surface area (Å²) in [6.07, 6.45) is 0. The topological polar surface area (TPSA) is 56.5 Å². The Morgan fingerprint density at radius 1 is 1.39 bits per heavy atom. The number of nitrogens with one attached hydrogen (secondary N) is 1. The van der Waals surface area contributed by atoms with Gasteiger partial charge in [-0.05, 0) is 12.6 Å². The molecule has 100 valence electrons. The fourth-order valence-corrected chi connectivity index (χ4v) is 1.29. The second kappa shape index (κ2) is 7.50. The highest BCUT2D eigenvalue weighted by atomic mass is 19.3. The fraction of sp³-hybridized carbons (Fsp3) is 0.333. The predicted octanol–water partition coefficient (Wildman–Crippen LogP) is 1.82. The molecule has 3 N–H and O–H groups in total. The van der Waals surface area contributed by atoms with Gasteiger partial charge in [0, 0.05) is 18.7 Å². The van der Waals surface area contributed by atoms with Crippen molar-refractivity contribution in [3.05, 3.63) is 42.3 Å². The first-order valence-electron chi connectivity index (χ1n) is 5.42. The van der Waals surface area contributed by atoms with Crippen LogP contribution < -0.4 is 15.8 Å². The van der Waals surface area contributed by atoms with Gasteiger partial charge < -0.3 is 20.5 Å². The summed E-state index contributed by atoms with van der Waals surface area (Å²) in [7, 11) is 0. The van der Waals surface area contributed by atoms with Crippen LogP contribution in [-0.2, 0) is 11.3 Å². The van der Waals surface area contributed by atoms with Crippen LogP contribution in [0.15, 0.2) is 36.7 Å². The van der Waals surface area contributed by atoms with Crippen molar-refractivity contribution in [2.45, 2.75) is 13.2 Å². The van der Waals surface area contributed by atoms with Gasteiger partial charge in [-0.25, -0.2) is 0 Å². The van der Waals surface area contributed by atoms with Gasteiger partial charge in [0.1, 0.15) is 12.4 Å². The second-order valence-corrected chi connectivity index (χ2v) is 3.40. The van der Waals surface area contributed by atoms with Crippen molar-refractivity contribution >= 4 is 0 Å². The molecule has 0 fully saturated rings. The fourth-order valence-electron chi connectivity index (χ4n) is 1.29. The minimum atomic E-state index is -2.84. The molecular weight excluding hydrogens is 242 g/mol. The summed E-state index contributed by atoms with van der Waals surface area (Å²) in [6, 6.07) is 6.52. The number of nitrogens with two attached hydrogens (primary N) is 1.